The van der Waals surface area contributed by atoms with Gasteiger partial charge in [0.15, 0.2) is 0 Å². The Hall–Kier alpha value is -0.900. The predicted molar refractivity (Wildman–Crippen MR) is 71.0 cm³/mol. The molecule has 1 heterocycles. The Morgan fingerprint density at radius 1 is 1.35 bits per heavy atom. The lowest BCUT2D eigenvalue weighted by atomic mass is 10.1. The summed E-state index contributed by atoms with van der Waals surface area (Å²) in [6.07, 6.45) is 0. The minimum atomic E-state index is -0.203. The number of hydrogen-bond acceptors (Lipinski definition) is 2. The van der Waals surface area contributed by atoms with Gasteiger partial charge in [-0.25, -0.2) is 4.39 Å². The lowest BCUT2D eigenvalue weighted by molar-refractivity contribution is 0.575. The summed E-state index contributed by atoms with van der Waals surface area (Å²) in [4.78, 5) is 1.20. The maximum Gasteiger partial charge on any atom is 0.123 e. The Morgan fingerprint density at radius 3 is 2.65 bits per heavy atom. The van der Waals surface area contributed by atoms with Crippen LogP contribution in [0.3, 0.4) is 0 Å². The second kappa shape index (κ2) is 5.63. The number of nitrogens with one attached hydrogen (secondary N) is 1. The van der Waals surface area contributed by atoms with Crippen LogP contribution in [0.25, 0.3) is 0 Å². The summed E-state index contributed by atoms with van der Waals surface area (Å²) in [5, 5.41) is 6.07. The van der Waals surface area contributed by atoms with Crippen molar-refractivity contribution in [3.8, 4) is 0 Å². The molecule has 0 aliphatic carbocycles. The predicted octanol–water partition coefficient (Wildman–Crippen LogP) is 4.39. The fourth-order valence-corrected chi connectivity index (χ4v) is 2.59. The van der Waals surface area contributed by atoms with Crippen molar-refractivity contribution >= 4 is 22.9 Å². The van der Waals surface area contributed by atoms with E-state index in [-0.39, 0.29) is 11.9 Å². The molecule has 0 aliphatic heterocycles. The fraction of sp³-hybridized carbons (Fsp3) is 0.231. The third-order valence-corrected chi connectivity index (χ3v) is 3.86. The maximum atomic E-state index is 12.8. The van der Waals surface area contributed by atoms with E-state index in [1.165, 1.54) is 17.0 Å². The molecule has 1 aromatic carbocycles. The summed E-state index contributed by atoms with van der Waals surface area (Å²) in [6, 6.07) is 8.71. The SMILES string of the molecule is C[C@H](NCc1cc(Cl)cs1)c1ccc(F)cc1. The average Bonchev–Trinajstić information content (AvgIpc) is 2.73. The molecule has 1 aromatic heterocycles. The van der Waals surface area contributed by atoms with E-state index in [1.54, 1.807) is 23.5 Å². The van der Waals surface area contributed by atoms with E-state index in [0.717, 1.165) is 17.1 Å². The Morgan fingerprint density at radius 2 is 2.06 bits per heavy atom. The van der Waals surface area contributed by atoms with Crippen LogP contribution < -0.4 is 5.32 Å². The van der Waals surface area contributed by atoms with Gasteiger partial charge in [-0.3, -0.25) is 0 Å². The molecule has 0 spiro atoms. The Balaban J connectivity index is 1.93. The van der Waals surface area contributed by atoms with Crippen molar-refractivity contribution in [1.29, 1.82) is 0 Å². The van der Waals surface area contributed by atoms with Crippen LogP contribution in [-0.4, -0.2) is 0 Å². The van der Waals surface area contributed by atoms with Gasteiger partial charge in [-0.2, -0.15) is 0 Å². The molecule has 90 valence electrons. The van der Waals surface area contributed by atoms with Crippen molar-refractivity contribution in [1.82, 2.24) is 5.32 Å². The van der Waals surface area contributed by atoms with E-state index in [9.17, 15) is 4.39 Å². The summed E-state index contributed by atoms with van der Waals surface area (Å²) in [5.41, 5.74) is 1.08. The molecule has 0 aliphatic rings. The standard InChI is InChI=1S/C13H13ClFNS/c1-9(10-2-4-12(15)5-3-10)16-7-13-6-11(14)8-17-13/h2-6,8-9,16H,7H2,1H3/t9-/m0/s1. The van der Waals surface area contributed by atoms with E-state index in [2.05, 4.69) is 12.2 Å². The van der Waals surface area contributed by atoms with Crippen LogP contribution >= 0.6 is 22.9 Å². The topological polar surface area (TPSA) is 12.0 Å². The van der Waals surface area contributed by atoms with Gasteiger partial charge in [-0.1, -0.05) is 23.7 Å². The lowest BCUT2D eigenvalue weighted by Gasteiger charge is -2.13. The van der Waals surface area contributed by atoms with Gasteiger partial charge < -0.3 is 5.32 Å². The normalized spacial score (nSPS) is 12.6. The first-order chi connectivity index (χ1) is 8.15. The molecule has 4 heteroatoms. The Bertz CT molecular complexity index is 480. The van der Waals surface area contributed by atoms with Crippen LogP contribution in [0.2, 0.25) is 5.02 Å². The molecule has 0 saturated heterocycles. The minimum Gasteiger partial charge on any atom is -0.305 e. The number of benzene rings is 1. The van der Waals surface area contributed by atoms with E-state index in [4.69, 9.17) is 11.6 Å². The average molecular weight is 270 g/mol. The molecule has 0 bridgehead atoms. The van der Waals surface area contributed by atoms with E-state index >= 15 is 0 Å². The molecule has 1 atom stereocenters. The minimum absolute atomic E-state index is 0.191. The number of rotatable bonds is 4. The Kier molecular flexibility index (Phi) is 4.15. The highest BCUT2D eigenvalue weighted by molar-refractivity contribution is 7.10. The first kappa shape index (κ1) is 12.6. The maximum absolute atomic E-state index is 12.8. The van der Waals surface area contributed by atoms with Crippen molar-refractivity contribution in [3.05, 3.63) is 57.0 Å². The first-order valence-corrected chi connectivity index (χ1v) is 6.62. The van der Waals surface area contributed by atoms with Gasteiger partial charge in [0.2, 0.25) is 0 Å². The molecule has 1 N–H and O–H groups in total. The largest absolute Gasteiger partial charge is 0.305 e. The highest BCUT2D eigenvalue weighted by Gasteiger charge is 2.05. The van der Waals surface area contributed by atoms with Gasteiger partial charge in [0.1, 0.15) is 5.82 Å². The molecule has 0 amide bonds. The van der Waals surface area contributed by atoms with Crippen LogP contribution in [0.15, 0.2) is 35.7 Å². The molecule has 1 nitrogen and oxygen atoms in total. The highest BCUT2D eigenvalue weighted by atomic mass is 35.5. The van der Waals surface area contributed by atoms with Crippen molar-refractivity contribution in [3.63, 3.8) is 0 Å². The van der Waals surface area contributed by atoms with Crippen LogP contribution in [0.1, 0.15) is 23.4 Å². The van der Waals surface area contributed by atoms with E-state index in [1.807, 2.05) is 11.4 Å². The monoisotopic (exact) mass is 269 g/mol. The van der Waals surface area contributed by atoms with Crippen molar-refractivity contribution < 1.29 is 4.39 Å². The van der Waals surface area contributed by atoms with Crippen LogP contribution in [0.5, 0.6) is 0 Å². The fourth-order valence-electron chi connectivity index (χ4n) is 1.57. The summed E-state index contributed by atoms with van der Waals surface area (Å²) in [6.45, 7) is 2.83. The third kappa shape index (κ3) is 3.53. The van der Waals surface area contributed by atoms with Gasteiger partial charge in [-0.05, 0) is 30.7 Å². The zero-order chi connectivity index (χ0) is 12.3. The third-order valence-electron chi connectivity index (χ3n) is 2.57. The summed E-state index contributed by atoms with van der Waals surface area (Å²) >= 11 is 7.49. The Labute approximate surface area is 109 Å². The van der Waals surface area contributed by atoms with Gasteiger partial charge in [0, 0.05) is 22.8 Å². The van der Waals surface area contributed by atoms with E-state index < -0.39 is 0 Å². The molecule has 0 unspecified atom stereocenters. The summed E-state index contributed by atoms with van der Waals surface area (Å²) in [5.74, 6) is -0.203. The molecule has 2 aromatic rings. The molecular weight excluding hydrogens is 257 g/mol. The van der Waals surface area contributed by atoms with Gasteiger partial charge in [-0.15, -0.1) is 11.3 Å². The number of thiophene rings is 1. The molecule has 0 radical (unpaired) electrons. The zero-order valence-electron chi connectivity index (χ0n) is 9.41. The van der Waals surface area contributed by atoms with Crippen LogP contribution in [-0.2, 0) is 6.54 Å². The quantitative estimate of drug-likeness (QED) is 0.868. The van der Waals surface area contributed by atoms with Crippen LogP contribution in [0.4, 0.5) is 4.39 Å². The smallest absolute Gasteiger partial charge is 0.123 e. The number of halogens is 2. The van der Waals surface area contributed by atoms with Crippen LogP contribution in [0, 0.1) is 5.82 Å². The summed E-state index contributed by atoms with van der Waals surface area (Å²) < 4.78 is 12.8. The second-order valence-corrected chi connectivity index (χ2v) is 5.32. The van der Waals surface area contributed by atoms with Crippen molar-refractivity contribution in [2.75, 3.05) is 0 Å². The van der Waals surface area contributed by atoms with Gasteiger partial charge in [0.25, 0.3) is 0 Å². The molecule has 2 rings (SSSR count). The molecular formula is C13H13ClFNS. The van der Waals surface area contributed by atoms with Gasteiger partial charge in [0.05, 0.1) is 5.02 Å². The van der Waals surface area contributed by atoms with E-state index in [0.29, 0.717) is 0 Å². The van der Waals surface area contributed by atoms with Crippen molar-refractivity contribution in [2.45, 2.75) is 19.5 Å². The number of hydrogen-bond donors (Lipinski definition) is 1. The highest BCUT2D eigenvalue weighted by Crippen LogP contribution is 2.20. The first-order valence-electron chi connectivity index (χ1n) is 5.37. The summed E-state index contributed by atoms with van der Waals surface area (Å²) in [7, 11) is 0. The zero-order valence-corrected chi connectivity index (χ0v) is 11.0. The second-order valence-electron chi connectivity index (χ2n) is 3.89. The molecule has 0 saturated carbocycles. The van der Waals surface area contributed by atoms with Gasteiger partial charge >= 0.3 is 0 Å². The molecule has 0 fully saturated rings. The van der Waals surface area contributed by atoms with Crippen molar-refractivity contribution in [2.24, 2.45) is 0 Å². The lowest BCUT2D eigenvalue weighted by Crippen LogP contribution is -2.17. The molecule has 17 heavy (non-hydrogen) atoms.